The van der Waals surface area contributed by atoms with Gasteiger partial charge in [0.2, 0.25) is 0 Å². The Balaban J connectivity index is 2.43. The minimum atomic E-state index is -0.430. The molecular formula is C18H23FIN3O. The maximum Gasteiger partial charge on any atom is 0.257 e. The highest BCUT2D eigenvalue weighted by Crippen LogP contribution is 2.28. The molecule has 0 saturated carbocycles. The van der Waals surface area contributed by atoms with Crippen LogP contribution in [-0.4, -0.2) is 15.7 Å². The first-order chi connectivity index (χ1) is 10.9. The fourth-order valence-electron chi connectivity index (χ4n) is 2.20. The highest BCUT2D eigenvalue weighted by molar-refractivity contribution is 14.1. The first kappa shape index (κ1) is 18.9. The highest BCUT2D eigenvalue weighted by Gasteiger charge is 2.26. The van der Waals surface area contributed by atoms with Crippen LogP contribution in [0.4, 0.5) is 10.2 Å². The number of anilines is 1. The normalized spacial score (nSPS) is 12.3. The molecule has 1 aromatic carbocycles. The number of rotatable bonds is 2. The van der Waals surface area contributed by atoms with Gasteiger partial charge in [-0.05, 0) is 61.6 Å². The van der Waals surface area contributed by atoms with Crippen LogP contribution in [0, 0.1) is 9.39 Å². The van der Waals surface area contributed by atoms with E-state index in [1.54, 1.807) is 10.7 Å². The lowest BCUT2D eigenvalue weighted by atomic mass is 9.92. The predicted molar refractivity (Wildman–Crippen MR) is 103 cm³/mol. The second-order valence-corrected chi connectivity index (χ2v) is 8.99. The number of carbonyl (C=O) groups excluding carboxylic acids is 1. The van der Waals surface area contributed by atoms with Gasteiger partial charge in [0.25, 0.3) is 5.91 Å². The van der Waals surface area contributed by atoms with Gasteiger partial charge in [-0.25, -0.2) is 9.07 Å². The summed E-state index contributed by atoms with van der Waals surface area (Å²) in [5, 5.41) is 7.55. The molecule has 1 N–H and O–H groups in total. The Kier molecular flexibility index (Phi) is 5.09. The minimum Gasteiger partial charge on any atom is -0.307 e. The molecule has 0 aliphatic rings. The van der Waals surface area contributed by atoms with E-state index in [2.05, 4.69) is 31.2 Å². The second-order valence-electron chi connectivity index (χ2n) is 7.83. The van der Waals surface area contributed by atoms with Crippen LogP contribution in [0.25, 0.3) is 0 Å². The maximum atomic E-state index is 13.5. The molecule has 4 nitrogen and oxygen atoms in total. The van der Waals surface area contributed by atoms with Crippen LogP contribution in [0.3, 0.4) is 0 Å². The van der Waals surface area contributed by atoms with Crippen LogP contribution in [-0.2, 0) is 11.0 Å². The lowest BCUT2D eigenvalue weighted by molar-refractivity contribution is 0.102. The summed E-state index contributed by atoms with van der Waals surface area (Å²) in [6.45, 7) is 12.3. The summed E-state index contributed by atoms with van der Waals surface area (Å²) in [5.41, 5.74) is 0.779. The van der Waals surface area contributed by atoms with Crippen molar-refractivity contribution in [2.24, 2.45) is 0 Å². The first-order valence-electron chi connectivity index (χ1n) is 7.77. The number of nitrogens with one attached hydrogen (secondary N) is 1. The van der Waals surface area contributed by atoms with Gasteiger partial charge in [0.05, 0.1) is 16.8 Å². The number of hydrogen-bond donors (Lipinski definition) is 1. The third-order valence-electron chi connectivity index (χ3n) is 3.53. The molecule has 1 heterocycles. The maximum absolute atomic E-state index is 13.5. The zero-order valence-electron chi connectivity index (χ0n) is 14.9. The molecule has 0 radical (unpaired) electrons. The first-order valence-corrected chi connectivity index (χ1v) is 8.85. The monoisotopic (exact) mass is 443 g/mol. The lowest BCUT2D eigenvalue weighted by Gasteiger charge is -2.23. The van der Waals surface area contributed by atoms with Crippen LogP contribution >= 0.6 is 22.6 Å². The zero-order chi connectivity index (χ0) is 18.3. The Bertz CT molecular complexity index is 770. The average molecular weight is 443 g/mol. The van der Waals surface area contributed by atoms with Gasteiger partial charge in [0.1, 0.15) is 11.6 Å². The molecule has 24 heavy (non-hydrogen) atoms. The fraction of sp³-hybridized carbons (Fsp3) is 0.444. The fourth-order valence-corrected chi connectivity index (χ4v) is 2.78. The summed E-state index contributed by atoms with van der Waals surface area (Å²) < 4.78 is 16.0. The summed E-state index contributed by atoms with van der Waals surface area (Å²) in [7, 11) is 0. The SMILES string of the molecule is CC(C)(C)c1cc(NC(=O)c2cc(F)ccc2I)n(C(C)(C)C)n1. The number of halogens is 2. The molecule has 2 rings (SSSR count). The van der Waals surface area contributed by atoms with Crippen molar-refractivity contribution in [3.8, 4) is 0 Å². The van der Waals surface area contributed by atoms with E-state index in [4.69, 9.17) is 0 Å². The molecule has 1 aromatic heterocycles. The predicted octanol–water partition coefficient (Wildman–Crippen LogP) is 4.93. The molecule has 0 unspecified atom stereocenters. The van der Waals surface area contributed by atoms with Gasteiger partial charge in [-0.1, -0.05) is 20.8 Å². The average Bonchev–Trinajstić information content (AvgIpc) is 2.85. The van der Waals surface area contributed by atoms with E-state index in [1.807, 2.05) is 49.4 Å². The number of aromatic nitrogens is 2. The molecule has 0 aliphatic carbocycles. The van der Waals surface area contributed by atoms with Crippen molar-refractivity contribution in [1.29, 1.82) is 0 Å². The Labute approximate surface area is 156 Å². The Morgan fingerprint density at radius 3 is 2.33 bits per heavy atom. The molecule has 0 aliphatic heterocycles. The van der Waals surface area contributed by atoms with Crippen LogP contribution in [0.1, 0.15) is 57.6 Å². The summed E-state index contributed by atoms with van der Waals surface area (Å²) in [6.07, 6.45) is 0. The molecule has 0 atom stereocenters. The van der Waals surface area contributed by atoms with Crippen molar-refractivity contribution in [1.82, 2.24) is 9.78 Å². The minimum absolute atomic E-state index is 0.136. The molecule has 2 aromatic rings. The van der Waals surface area contributed by atoms with Crippen molar-refractivity contribution >= 4 is 34.3 Å². The van der Waals surface area contributed by atoms with E-state index >= 15 is 0 Å². The molecule has 130 valence electrons. The third kappa shape index (κ3) is 4.15. The van der Waals surface area contributed by atoms with Gasteiger partial charge in [-0.15, -0.1) is 0 Å². The molecule has 0 bridgehead atoms. The standard InChI is InChI=1S/C18H23FIN3O/c1-17(2,3)14-10-15(23(22-14)18(4,5)6)21-16(24)12-9-11(19)7-8-13(12)20/h7-10H,1-6H3,(H,21,24). The molecule has 0 saturated heterocycles. The second kappa shape index (κ2) is 6.46. The summed E-state index contributed by atoms with van der Waals surface area (Å²) in [6, 6.07) is 6.07. The molecular weight excluding hydrogens is 420 g/mol. The van der Waals surface area contributed by atoms with Gasteiger partial charge in [-0.3, -0.25) is 4.79 Å². The summed E-state index contributed by atoms with van der Waals surface area (Å²) in [4.78, 5) is 12.6. The molecule has 0 spiro atoms. The number of benzene rings is 1. The Morgan fingerprint density at radius 1 is 1.17 bits per heavy atom. The van der Waals surface area contributed by atoms with Gasteiger partial charge in [-0.2, -0.15) is 5.10 Å². The highest BCUT2D eigenvalue weighted by atomic mass is 127. The number of carbonyl (C=O) groups is 1. The zero-order valence-corrected chi connectivity index (χ0v) is 17.0. The van der Waals surface area contributed by atoms with Gasteiger partial charge in [0.15, 0.2) is 0 Å². The van der Waals surface area contributed by atoms with Gasteiger partial charge >= 0.3 is 0 Å². The van der Waals surface area contributed by atoms with Gasteiger partial charge < -0.3 is 5.32 Å². The topological polar surface area (TPSA) is 46.9 Å². The van der Waals surface area contributed by atoms with Crippen LogP contribution in [0.2, 0.25) is 0 Å². The number of amides is 1. The quantitative estimate of drug-likeness (QED) is 0.670. The van der Waals surface area contributed by atoms with Crippen molar-refractivity contribution in [2.75, 3.05) is 5.32 Å². The third-order valence-corrected chi connectivity index (χ3v) is 4.47. The smallest absolute Gasteiger partial charge is 0.257 e. The lowest BCUT2D eigenvalue weighted by Crippen LogP contribution is -2.27. The molecule has 1 amide bonds. The van der Waals surface area contributed by atoms with E-state index in [0.717, 1.165) is 5.69 Å². The summed E-state index contributed by atoms with van der Waals surface area (Å²) >= 11 is 2.03. The van der Waals surface area contributed by atoms with Crippen LogP contribution in [0.15, 0.2) is 24.3 Å². The van der Waals surface area contributed by atoms with E-state index in [1.165, 1.54) is 12.1 Å². The van der Waals surface area contributed by atoms with Crippen molar-refractivity contribution in [3.63, 3.8) is 0 Å². The molecule has 6 heteroatoms. The number of nitrogens with zero attached hydrogens (tertiary/aromatic N) is 2. The van der Waals surface area contributed by atoms with E-state index in [9.17, 15) is 9.18 Å². The Morgan fingerprint density at radius 2 is 1.79 bits per heavy atom. The van der Waals surface area contributed by atoms with Crippen molar-refractivity contribution in [3.05, 3.63) is 44.9 Å². The summed E-state index contributed by atoms with van der Waals surface area (Å²) in [5.74, 6) is -0.164. The molecule has 0 fully saturated rings. The Hall–Kier alpha value is -1.44. The van der Waals surface area contributed by atoms with Crippen LogP contribution in [0.5, 0.6) is 0 Å². The van der Waals surface area contributed by atoms with Gasteiger partial charge in [0, 0.05) is 15.1 Å². The van der Waals surface area contributed by atoms with Crippen molar-refractivity contribution in [2.45, 2.75) is 52.5 Å². The van der Waals surface area contributed by atoms with E-state index in [0.29, 0.717) is 15.0 Å². The van der Waals surface area contributed by atoms with Crippen molar-refractivity contribution < 1.29 is 9.18 Å². The van der Waals surface area contributed by atoms with E-state index < -0.39 is 5.82 Å². The number of hydrogen-bond acceptors (Lipinski definition) is 2. The largest absolute Gasteiger partial charge is 0.307 e. The van der Waals surface area contributed by atoms with Crippen LogP contribution < -0.4 is 5.32 Å². The van der Waals surface area contributed by atoms with E-state index in [-0.39, 0.29) is 16.9 Å².